The van der Waals surface area contributed by atoms with Crippen molar-refractivity contribution in [2.45, 2.75) is 30.3 Å². The van der Waals surface area contributed by atoms with Gasteiger partial charge in [0.2, 0.25) is 0 Å². The maximum atomic E-state index is 14.1. The van der Waals surface area contributed by atoms with Crippen LogP contribution >= 0.6 is 0 Å². The highest BCUT2D eigenvalue weighted by Crippen LogP contribution is 2.49. The van der Waals surface area contributed by atoms with Crippen LogP contribution in [0.4, 0.5) is 13.2 Å². The van der Waals surface area contributed by atoms with Gasteiger partial charge in [-0.25, -0.2) is 21.6 Å². The van der Waals surface area contributed by atoms with Crippen molar-refractivity contribution < 1.29 is 31.4 Å². The SMILES string of the molecule is CCS(=O)(=O)c1ccc(Oc2cc(F)cc(C#N)c2)c2c1C(O)C(F)(F)C2. The van der Waals surface area contributed by atoms with Crippen LogP contribution in [0.3, 0.4) is 0 Å². The number of rotatable bonds is 4. The van der Waals surface area contributed by atoms with Crippen LogP contribution in [0.5, 0.6) is 11.5 Å². The van der Waals surface area contributed by atoms with Gasteiger partial charge in [-0.15, -0.1) is 0 Å². The third-order valence-electron chi connectivity index (χ3n) is 4.30. The summed E-state index contributed by atoms with van der Waals surface area (Å²) in [5.41, 5.74) is -0.599. The van der Waals surface area contributed by atoms with Gasteiger partial charge in [0.25, 0.3) is 5.92 Å². The van der Waals surface area contributed by atoms with E-state index in [1.54, 1.807) is 6.07 Å². The molecule has 1 N–H and O–H groups in total. The summed E-state index contributed by atoms with van der Waals surface area (Å²) in [6.45, 7) is 1.36. The normalized spacial score (nSPS) is 18.0. The first-order valence-corrected chi connectivity index (χ1v) is 9.57. The largest absolute Gasteiger partial charge is 0.457 e. The Morgan fingerprint density at radius 3 is 2.67 bits per heavy atom. The van der Waals surface area contributed by atoms with Gasteiger partial charge in [0.1, 0.15) is 23.4 Å². The number of hydrogen-bond acceptors (Lipinski definition) is 5. The molecular weight excluding hydrogens is 383 g/mol. The van der Waals surface area contributed by atoms with Gasteiger partial charge in [0, 0.05) is 23.6 Å². The molecule has 9 heteroatoms. The summed E-state index contributed by atoms with van der Waals surface area (Å²) in [7, 11) is -3.87. The molecule has 0 radical (unpaired) electrons. The second-order valence-corrected chi connectivity index (χ2v) is 8.33. The number of alkyl halides is 2. The molecule has 0 aromatic heterocycles. The number of ether oxygens (including phenoxy) is 1. The van der Waals surface area contributed by atoms with Crippen molar-refractivity contribution in [3.8, 4) is 17.6 Å². The van der Waals surface area contributed by atoms with E-state index >= 15 is 0 Å². The van der Waals surface area contributed by atoms with E-state index in [4.69, 9.17) is 10.00 Å². The summed E-state index contributed by atoms with van der Waals surface area (Å²) in [4.78, 5) is -0.381. The van der Waals surface area contributed by atoms with Crippen LogP contribution in [-0.4, -0.2) is 25.2 Å². The van der Waals surface area contributed by atoms with Gasteiger partial charge in [-0.05, 0) is 24.3 Å². The van der Waals surface area contributed by atoms with E-state index in [-0.39, 0.29) is 33.3 Å². The van der Waals surface area contributed by atoms with Crippen molar-refractivity contribution >= 4 is 9.84 Å². The minimum atomic E-state index is -3.87. The van der Waals surface area contributed by atoms with Crippen molar-refractivity contribution in [1.29, 1.82) is 5.26 Å². The summed E-state index contributed by atoms with van der Waals surface area (Å²) in [5.74, 6) is -4.89. The minimum Gasteiger partial charge on any atom is -0.457 e. The zero-order valence-electron chi connectivity index (χ0n) is 14.0. The lowest BCUT2D eigenvalue weighted by atomic mass is 10.1. The van der Waals surface area contributed by atoms with Gasteiger partial charge >= 0.3 is 0 Å². The van der Waals surface area contributed by atoms with Crippen LogP contribution in [0.25, 0.3) is 0 Å². The van der Waals surface area contributed by atoms with E-state index in [1.807, 2.05) is 0 Å². The molecule has 0 spiro atoms. The Bertz CT molecular complexity index is 1060. The van der Waals surface area contributed by atoms with Crippen LogP contribution < -0.4 is 4.74 Å². The molecular formula is C18H14F3NO4S. The van der Waals surface area contributed by atoms with Crippen LogP contribution in [-0.2, 0) is 16.3 Å². The molecule has 3 rings (SSSR count). The number of aliphatic hydroxyl groups excluding tert-OH is 1. The topological polar surface area (TPSA) is 87.4 Å². The number of hydrogen-bond donors (Lipinski definition) is 1. The Kier molecular flexibility index (Phi) is 4.66. The number of aliphatic hydroxyl groups is 1. The first-order valence-electron chi connectivity index (χ1n) is 7.92. The van der Waals surface area contributed by atoms with Gasteiger partial charge < -0.3 is 9.84 Å². The molecule has 0 aliphatic heterocycles. The molecule has 142 valence electrons. The van der Waals surface area contributed by atoms with Crippen molar-refractivity contribution in [2.75, 3.05) is 5.75 Å². The Hall–Kier alpha value is -2.57. The molecule has 0 amide bonds. The average molecular weight is 397 g/mol. The lowest BCUT2D eigenvalue weighted by molar-refractivity contribution is -0.0976. The molecule has 0 saturated heterocycles. The standard InChI is InChI=1S/C18H14F3NO4S/c1-2-27(24,25)15-4-3-14(13-8-18(20,21)17(23)16(13)15)26-12-6-10(9-22)5-11(19)7-12/h3-7,17,23H,2,8H2,1H3. The predicted molar refractivity (Wildman–Crippen MR) is 89.0 cm³/mol. The van der Waals surface area contributed by atoms with Crippen LogP contribution in [0.15, 0.2) is 35.2 Å². The fourth-order valence-corrected chi connectivity index (χ4v) is 4.14. The monoisotopic (exact) mass is 397 g/mol. The predicted octanol–water partition coefficient (Wildman–Crippen LogP) is 3.51. The van der Waals surface area contributed by atoms with Gasteiger partial charge in [0.05, 0.1) is 22.3 Å². The highest BCUT2D eigenvalue weighted by Gasteiger charge is 2.50. The molecule has 1 aliphatic rings. The molecule has 0 bridgehead atoms. The first-order chi connectivity index (χ1) is 12.6. The molecule has 0 saturated carbocycles. The molecule has 1 atom stereocenters. The zero-order valence-corrected chi connectivity index (χ0v) is 14.9. The maximum Gasteiger partial charge on any atom is 0.281 e. The summed E-state index contributed by atoms with van der Waals surface area (Å²) in [6.07, 6.45) is -3.22. The van der Waals surface area contributed by atoms with Crippen LogP contribution in [0.2, 0.25) is 0 Å². The zero-order chi connectivity index (χ0) is 20.0. The van der Waals surface area contributed by atoms with Crippen molar-refractivity contribution in [1.82, 2.24) is 0 Å². The Morgan fingerprint density at radius 1 is 1.33 bits per heavy atom. The second kappa shape index (κ2) is 6.55. The summed E-state index contributed by atoms with van der Waals surface area (Å²) < 4.78 is 71.7. The van der Waals surface area contributed by atoms with Crippen molar-refractivity contribution in [3.05, 3.63) is 52.8 Å². The number of sulfone groups is 1. The Morgan fingerprint density at radius 2 is 2.04 bits per heavy atom. The van der Waals surface area contributed by atoms with Gasteiger partial charge in [-0.2, -0.15) is 5.26 Å². The molecule has 0 fully saturated rings. The molecule has 27 heavy (non-hydrogen) atoms. The van der Waals surface area contributed by atoms with Crippen molar-refractivity contribution in [3.63, 3.8) is 0 Å². The second-order valence-electron chi connectivity index (χ2n) is 6.09. The number of halogens is 3. The Labute approximate surface area is 153 Å². The molecule has 1 aliphatic carbocycles. The fraction of sp³-hybridized carbons (Fsp3) is 0.278. The lowest BCUT2D eigenvalue weighted by Crippen LogP contribution is -2.22. The van der Waals surface area contributed by atoms with E-state index in [1.165, 1.54) is 19.1 Å². The quantitative estimate of drug-likeness (QED) is 0.853. The highest BCUT2D eigenvalue weighted by atomic mass is 32.2. The number of fused-ring (bicyclic) bond motifs is 1. The van der Waals surface area contributed by atoms with Gasteiger partial charge in [-0.3, -0.25) is 0 Å². The summed E-state index contributed by atoms with van der Waals surface area (Å²) >= 11 is 0. The number of nitriles is 1. The third kappa shape index (κ3) is 3.38. The Balaban J connectivity index is 2.15. The van der Waals surface area contributed by atoms with E-state index in [9.17, 15) is 26.7 Å². The molecule has 1 unspecified atom stereocenters. The summed E-state index contributed by atoms with van der Waals surface area (Å²) in [5, 5.41) is 18.9. The molecule has 5 nitrogen and oxygen atoms in total. The summed E-state index contributed by atoms with van der Waals surface area (Å²) in [6, 6.07) is 7.18. The van der Waals surface area contributed by atoms with E-state index in [2.05, 4.69) is 0 Å². The molecule has 0 heterocycles. The van der Waals surface area contributed by atoms with Crippen LogP contribution in [0, 0.1) is 17.1 Å². The number of benzene rings is 2. The molecule has 2 aromatic rings. The van der Waals surface area contributed by atoms with E-state index < -0.39 is 39.7 Å². The number of nitrogens with zero attached hydrogens (tertiary/aromatic N) is 1. The molecule has 2 aromatic carbocycles. The van der Waals surface area contributed by atoms with Gasteiger partial charge in [-0.1, -0.05) is 6.92 Å². The van der Waals surface area contributed by atoms with Crippen LogP contribution in [0.1, 0.15) is 29.7 Å². The van der Waals surface area contributed by atoms with Crippen molar-refractivity contribution in [2.24, 2.45) is 0 Å². The van der Waals surface area contributed by atoms with E-state index in [0.29, 0.717) is 0 Å². The van der Waals surface area contributed by atoms with E-state index in [0.717, 1.165) is 18.2 Å². The minimum absolute atomic E-state index is 0.0304. The highest BCUT2D eigenvalue weighted by molar-refractivity contribution is 7.91. The average Bonchev–Trinajstić information content (AvgIpc) is 2.85. The van der Waals surface area contributed by atoms with Gasteiger partial charge in [0.15, 0.2) is 9.84 Å². The fourth-order valence-electron chi connectivity index (χ4n) is 2.98. The first kappa shape index (κ1) is 19.2. The lowest BCUT2D eigenvalue weighted by Gasteiger charge is -2.16. The maximum absolute atomic E-state index is 14.1. The smallest absolute Gasteiger partial charge is 0.281 e. The third-order valence-corrected chi connectivity index (χ3v) is 6.09.